The average molecular weight is 358 g/mol. The van der Waals surface area contributed by atoms with Gasteiger partial charge in [0, 0.05) is 44.5 Å². The second-order valence-electron chi connectivity index (χ2n) is 6.74. The molecule has 0 saturated carbocycles. The van der Waals surface area contributed by atoms with Crippen LogP contribution < -0.4 is 11.1 Å². The highest BCUT2D eigenvalue weighted by Crippen LogP contribution is 2.23. The van der Waals surface area contributed by atoms with Crippen LogP contribution in [0.5, 0.6) is 0 Å². The molecule has 3 N–H and O–H groups in total. The first kappa shape index (κ1) is 16.8. The number of hydrogen-bond donors (Lipinski definition) is 2. The molecule has 0 saturated heterocycles. The maximum atomic E-state index is 12.6. The highest BCUT2D eigenvalue weighted by atomic mass is 16.5. The number of amides is 2. The number of carbonyl (C=O) groups is 2. The summed E-state index contributed by atoms with van der Waals surface area (Å²) in [6.07, 6.45) is 2.60. The number of hydrogen-bond acceptors (Lipinski definition) is 6. The fourth-order valence-corrected chi connectivity index (χ4v) is 3.55. The number of nitrogens with one attached hydrogen (secondary N) is 1. The molecule has 0 aromatic carbocycles. The molecule has 4 heterocycles. The lowest BCUT2D eigenvalue weighted by Crippen LogP contribution is -2.36. The number of primary amides is 1. The first-order chi connectivity index (χ1) is 12.6. The molecule has 0 spiro atoms. The predicted octanol–water partition coefficient (Wildman–Crippen LogP) is -0.0192. The highest BCUT2D eigenvalue weighted by molar-refractivity contribution is 5.92. The van der Waals surface area contributed by atoms with Crippen molar-refractivity contribution in [3.8, 4) is 0 Å². The molecule has 0 fully saturated rings. The van der Waals surface area contributed by atoms with Crippen LogP contribution in [-0.2, 0) is 37.3 Å². The zero-order valence-corrected chi connectivity index (χ0v) is 14.5. The van der Waals surface area contributed by atoms with E-state index in [9.17, 15) is 9.59 Å². The van der Waals surface area contributed by atoms with Crippen molar-refractivity contribution in [3.05, 3.63) is 34.5 Å². The Morgan fingerprint density at radius 3 is 3.08 bits per heavy atom. The van der Waals surface area contributed by atoms with E-state index in [0.717, 1.165) is 31.7 Å². The molecule has 0 bridgehead atoms. The van der Waals surface area contributed by atoms with Crippen molar-refractivity contribution < 1.29 is 14.1 Å². The monoisotopic (exact) mass is 358 g/mol. The molecule has 2 aromatic rings. The van der Waals surface area contributed by atoms with Gasteiger partial charge in [0.05, 0.1) is 17.9 Å². The van der Waals surface area contributed by atoms with Crippen LogP contribution in [0.4, 0.5) is 0 Å². The minimum atomic E-state index is -0.627. The van der Waals surface area contributed by atoms with E-state index in [-0.39, 0.29) is 11.6 Å². The lowest BCUT2D eigenvalue weighted by Gasteiger charge is -2.26. The summed E-state index contributed by atoms with van der Waals surface area (Å²) in [5.41, 5.74) is 8.19. The summed E-state index contributed by atoms with van der Waals surface area (Å²) in [5, 5.41) is 11.7. The molecule has 2 aromatic heterocycles. The van der Waals surface area contributed by atoms with Gasteiger partial charge in [0.1, 0.15) is 5.76 Å². The van der Waals surface area contributed by atoms with Gasteiger partial charge >= 0.3 is 0 Å². The predicted molar refractivity (Wildman–Crippen MR) is 91.0 cm³/mol. The summed E-state index contributed by atoms with van der Waals surface area (Å²) in [6, 6.07) is 2.07. The molecule has 2 amide bonds. The van der Waals surface area contributed by atoms with Gasteiger partial charge in [-0.2, -0.15) is 5.10 Å². The van der Waals surface area contributed by atoms with E-state index >= 15 is 0 Å². The van der Waals surface area contributed by atoms with E-state index in [1.165, 1.54) is 5.69 Å². The van der Waals surface area contributed by atoms with Crippen molar-refractivity contribution in [2.75, 3.05) is 13.1 Å². The maximum Gasteiger partial charge on any atom is 0.271 e. The first-order valence-electron chi connectivity index (χ1n) is 8.93. The highest BCUT2D eigenvalue weighted by Gasteiger charge is 2.28. The minimum absolute atomic E-state index is 0.0357. The summed E-state index contributed by atoms with van der Waals surface area (Å²) in [7, 11) is 0. The average Bonchev–Trinajstić information content (AvgIpc) is 3.17. The lowest BCUT2D eigenvalue weighted by atomic mass is 10.0. The van der Waals surface area contributed by atoms with Crippen LogP contribution in [0.25, 0.3) is 0 Å². The fourth-order valence-electron chi connectivity index (χ4n) is 3.55. The van der Waals surface area contributed by atoms with Crippen molar-refractivity contribution in [1.82, 2.24) is 25.2 Å². The minimum Gasteiger partial charge on any atom is -0.364 e. The number of nitrogens with zero attached hydrogens (tertiary/aromatic N) is 4. The Balaban J connectivity index is 1.38. The van der Waals surface area contributed by atoms with Crippen molar-refractivity contribution >= 4 is 11.8 Å². The largest absolute Gasteiger partial charge is 0.364 e. The van der Waals surface area contributed by atoms with Crippen LogP contribution in [0.1, 0.15) is 46.0 Å². The van der Waals surface area contributed by atoms with Crippen LogP contribution in [0.3, 0.4) is 0 Å². The molecule has 138 valence electrons. The van der Waals surface area contributed by atoms with Gasteiger partial charge in [-0.3, -0.25) is 14.3 Å². The molecule has 0 unspecified atom stereocenters. The van der Waals surface area contributed by atoms with E-state index in [4.69, 9.17) is 10.3 Å². The maximum absolute atomic E-state index is 12.6. The summed E-state index contributed by atoms with van der Waals surface area (Å²) in [4.78, 5) is 25.7. The second kappa shape index (κ2) is 6.91. The standard InChI is InChI=1S/C17H22N6O3/c18-17(25)16-13-10-22(7-4-14(13)26-21-16)15(24)3-2-11-8-12-9-19-5-1-6-23(12)20-11/h8,19H,1-7,9-10H2,(H2,18,25). The Hall–Kier alpha value is -2.68. The van der Waals surface area contributed by atoms with Crippen molar-refractivity contribution in [3.63, 3.8) is 0 Å². The number of rotatable bonds is 4. The molecular formula is C17H22N6O3. The topological polar surface area (TPSA) is 119 Å². The third-order valence-corrected chi connectivity index (χ3v) is 4.95. The molecule has 9 heteroatoms. The Morgan fingerprint density at radius 2 is 2.23 bits per heavy atom. The number of nitrogens with two attached hydrogens (primary N) is 1. The zero-order valence-electron chi connectivity index (χ0n) is 14.5. The SMILES string of the molecule is NC(=O)c1noc2c1CN(C(=O)CCc1cc3n(n1)CCCNC3)CC2. The molecule has 9 nitrogen and oxygen atoms in total. The summed E-state index contributed by atoms with van der Waals surface area (Å²) >= 11 is 0. The number of fused-ring (bicyclic) bond motifs is 2. The summed E-state index contributed by atoms with van der Waals surface area (Å²) in [5.74, 6) is 0.0548. The first-order valence-corrected chi connectivity index (χ1v) is 8.93. The number of aryl methyl sites for hydroxylation is 2. The fraction of sp³-hybridized carbons (Fsp3) is 0.529. The Labute approximate surface area is 150 Å². The Kier molecular flexibility index (Phi) is 4.46. The molecule has 0 aliphatic carbocycles. The third kappa shape index (κ3) is 3.22. The molecular weight excluding hydrogens is 336 g/mol. The van der Waals surface area contributed by atoms with Gasteiger partial charge in [0.15, 0.2) is 5.69 Å². The van der Waals surface area contributed by atoms with Gasteiger partial charge < -0.3 is 20.5 Å². The normalized spacial score (nSPS) is 16.7. The van der Waals surface area contributed by atoms with E-state index in [2.05, 4.69) is 21.6 Å². The van der Waals surface area contributed by atoms with Gasteiger partial charge in [-0.15, -0.1) is 0 Å². The van der Waals surface area contributed by atoms with Crippen molar-refractivity contribution in [2.45, 2.75) is 45.3 Å². The molecule has 2 aliphatic heterocycles. The van der Waals surface area contributed by atoms with Crippen LogP contribution in [0, 0.1) is 0 Å². The Morgan fingerprint density at radius 1 is 1.35 bits per heavy atom. The zero-order chi connectivity index (χ0) is 18.1. The molecule has 26 heavy (non-hydrogen) atoms. The molecule has 2 aliphatic rings. The van der Waals surface area contributed by atoms with Gasteiger partial charge in [-0.1, -0.05) is 5.16 Å². The van der Waals surface area contributed by atoms with E-state index in [1.54, 1.807) is 4.90 Å². The van der Waals surface area contributed by atoms with Gasteiger partial charge in [-0.25, -0.2) is 0 Å². The quantitative estimate of drug-likeness (QED) is 0.793. The van der Waals surface area contributed by atoms with Crippen LogP contribution >= 0.6 is 0 Å². The van der Waals surface area contributed by atoms with Crippen molar-refractivity contribution in [2.24, 2.45) is 5.73 Å². The molecule has 4 rings (SSSR count). The van der Waals surface area contributed by atoms with E-state index in [0.29, 0.717) is 43.7 Å². The van der Waals surface area contributed by atoms with E-state index in [1.807, 2.05) is 4.68 Å². The van der Waals surface area contributed by atoms with Crippen molar-refractivity contribution in [1.29, 1.82) is 0 Å². The Bertz CT molecular complexity index is 816. The smallest absolute Gasteiger partial charge is 0.271 e. The summed E-state index contributed by atoms with van der Waals surface area (Å²) in [6.45, 7) is 3.61. The van der Waals surface area contributed by atoms with Crippen LogP contribution in [0.2, 0.25) is 0 Å². The number of aromatic nitrogens is 3. The third-order valence-electron chi connectivity index (χ3n) is 4.95. The lowest BCUT2D eigenvalue weighted by molar-refractivity contribution is -0.132. The summed E-state index contributed by atoms with van der Waals surface area (Å²) < 4.78 is 7.19. The second-order valence-corrected chi connectivity index (χ2v) is 6.74. The molecule has 0 atom stereocenters. The van der Waals surface area contributed by atoms with Crippen LogP contribution in [0.15, 0.2) is 10.6 Å². The van der Waals surface area contributed by atoms with Crippen LogP contribution in [-0.4, -0.2) is 44.7 Å². The molecule has 0 radical (unpaired) electrons. The van der Waals surface area contributed by atoms with E-state index < -0.39 is 5.91 Å². The van der Waals surface area contributed by atoms with Gasteiger partial charge in [0.25, 0.3) is 5.91 Å². The number of carbonyl (C=O) groups excluding carboxylic acids is 2. The van der Waals surface area contributed by atoms with Gasteiger partial charge in [0.2, 0.25) is 5.91 Å². The van der Waals surface area contributed by atoms with Gasteiger partial charge in [-0.05, 0) is 19.0 Å².